The van der Waals surface area contributed by atoms with E-state index in [9.17, 15) is 66.0 Å². The standard InChI is InChI=1S/C26H37N3O3S.C24H33N3O5S.C24H33N3O3S.C23H31N3O5/c1-5-16(2)23(30)28-20-13-14-33-21-15-26(3,4)22(29(21)25(20)32)24(31)27-19-12-8-10-17-9-6-7-11-18(17)19;1-3-15(2)22(28)26-19-13-14-33(31,32)21-12-11-20(27(21)24(19)30)23(29)25-18-10-6-8-16-7-4-5-9-17(16)18;1-3-15(2)22(28)26-19-13-14-31-21-12-11-20(27(21)24(19)30)23(29)25-18-10-6-8-16-7-4-5-9-17(16)18;1-3-14(2)21(27)25-17-11-13-31-20-9-8-18(26(20)23(17)29)22(28)24-16-10-12-30-19-7-5-4-6-15(16)19/h6-7,9,11,16,19-22H,5,8,10,12-15H2,1-4H3,(H,27,31)(H,28,30);4-5,7,9,15,18-21H,3,6,8,10-14H2,1-2H3,(H,25,29)(H,26,28);4-5,7,9,15,18-21H,3,6,8,10-14H2,1-2H3,(H,25,29)(H,26,28);4-7,14,16-18,20H,3,8-13H2,1-2H3,(H,24,28)(H,25,27)/t16-,19-,20+,21+,22?;2*15-,18-,19+,20+,21+;14-,16-,17+,18+,20+/m1111/s1. The van der Waals surface area contributed by atoms with Crippen LogP contribution in [0.3, 0.4) is 0 Å². The van der Waals surface area contributed by atoms with Crippen LogP contribution in [0.2, 0.25) is 0 Å². The van der Waals surface area contributed by atoms with Crippen LogP contribution in [0, 0.1) is 29.1 Å². The fourth-order valence-electron chi connectivity index (χ4n) is 20.2. The van der Waals surface area contributed by atoms with Gasteiger partial charge in [-0.15, -0.1) is 23.5 Å². The maximum Gasteiger partial charge on any atom is 0.247 e. The van der Waals surface area contributed by atoms with Crippen molar-refractivity contribution in [3.8, 4) is 5.75 Å². The summed E-state index contributed by atoms with van der Waals surface area (Å²) in [5, 5.41) is 23.3. The molecule has 0 radical (unpaired) electrons. The number of amides is 12. The molecule has 31 heteroatoms. The van der Waals surface area contributed by atoms with Crippen molar-refractivity contribution in [3.05, 3.63) is 136 Å². The number of ether oxygens (including phenoxy) is 2. The number of nitrogens with one attached hydrogen (secondary N) is 8. The first kappa shape index (κ1) is 96.5. The van der Waals surface area contributed by atoms with Crippen LogP contribution in [0.4, 0.5) is 0 Å². The minimum Gasteiger partial charge on any atom is -0.493 e. The molecule has 28 nitrogen and oxygen atoms in total. The van der Waals surface area contributed by atoms with Crippen molar-refractivity contribution in [1.29, 1.82) is 0 Å². The van der Waals surface area contributed by atoms with Crippen molar-refractivity contribution in [2.45, 2.75) is 325 Å². The summed E-state index contributed by atoms with van der Waals surface area (Å²) >= 11 is 3.47. The van der Waals surface area contributed by atoms with Crippen molar-refractivity contribution in [1.82, 2.24) is 62.1 Å². The Morgan fingerprint density at radius 1 is 0.398 bits per heavy atom. The predicted molar refractivity (Wildman–Crippen MR) is 491 cm³/mol. The number of nitrogens with zero attached hydrogens (tertiary/aromatic N) is 4. The molecule has 8 N–H and O–H groups in total. The first-order valence-corrected chi connectivity index (χ1v) is 51.0. The monoisotopic (exact) mass is 1820 g/mol. The number of fused-ring (bicyclic) bond motifs is 8. The quantitative estimate of drug-likeness (QED) is 0.0407. The van der Waals surface area contributed by atoms with E-state index in [1.165, 1.54) is 32.7 Å². The number of hydrogen-bond donors (Lipinski definition) is 8. The summed E-state index contributed by atoms with van der Waals surface area (Å²) in [4.78, 5) is 164. The third-order valence-electron chi connectivity index (χ3n) is 28.5. The van der Waals surface area contributed by atoms with Gasteiger partial charge in [0.1, 0.15) is 65.7 Å². The van der Waals surface area contributed by atoms with Crippen molar-refractivity contribution in [2.24, 2.45) is 29.1 Å². The summed E-state index contributed by atoms with van der Waals surface area (Å²) in [5.74, 6) is -0.656. The fraction of sp³-hybridized carbons (Fsp3) is 0.629. The van der Waals surface area contributed by atoms with Crippen LogP contribution < -0.4 is 47.3 Å². The normalized spacial score (nSPS) is 29.1. The average Bonchev–Trinajstić information content (AvgIpc) is 1.60. The van der Waals surface area contributed by atoms with Crippen LogP contribution in [-0.2, 0) is 91.4 Å². The summed E-state index contributed by atoms with van der Waals surface area (Å²) < 4.78 is 37.4. The molecule has 12 amide bonds. The summed E-state index contributed by atoms with van der Waals surface area (Å²) in [7, 11) is -3.60. The van der Waals surface area contributed by atoms with Gasteiger partial charge in [0.2, 0.25) is 70.9 Å². The van der Waals surface area contributed by atoms with Crippen molar-refractivity contribution < 1.29 is 75.4 Å². The Hall–Kier alpha value is -9.07. The van der Waals surface area contributed by atoms with Crippen molar-refractivity contribution in [2.75, 3.05) is 30.5 Å². The van der Waals surface area contributed by atoms with Gasteiger partial charge in [-0.2, -0.15) is 0 Å². The lowest BCUT2D eigenvalue weighted by molar-refractivity contribution is -0.149. The average molecular weight is 1820 g/mol. The molecule has 0 bridgehead atoms. The van der Waals surface area contributed by atoms with Gasteiger partial charge in [0.25, 0.3) is 0 Å². The SMILES string of the molecule is CC[C@@H](C)C(=O)N[C@H]1CCO[C@H]2CC[C@@H](C(=O)N[C@@H]3CCOc4ccccc43)N2C1=O.CC[C@@H](C)C(=O)N[C@H]1CCS(=O)(=O)[C@H]2CC[C@@H](C(=O)N[C@@H]3CCCc4ccccc43)N2C1=O.CC[C@@H](C)C(=O)N[C@H]1CCS[C@H]2CC(C)(C)C(C(=O)N[C@@H]3CCCc4ccccc43)N2C1=O.CC[C@@H](C)C(=O)N[C@H]1CCS[C@H]2CC[C@@H](C(=O)N[C@@H]3CCCc4ccccc43)N2C1=O. The molecule has 128 heavy (non-hydrogen) atoms. The number of para-hydroxylation sites is 1. The number of sulfone groups is 1. The summed E-state index contributed by atoms with van der Waals surface area (Å²) in [6, 6.07) is 26.9. The smallest absolute Gasteiger partial charge is 0.247 e. The van der Waals surface area contributed by atoms with Gasteiger partial charge in [-0.3, -0.25) is 57.5 Å². The molecule has 696 valence electrons. The lowest BCUT2D eigenvalue weighted by atomic mass is 9.83. The molecule has 8 fully saturated rings. The molecule has 1 unspecified atom stereocenters. The molecule has 0 saturated carbocycles. The van der Waals surface area contributed by atoms with Gasteiger partial charge in [-0.05, 0) is 204 Å². The molecular weight excluding hydrogens is 1690 g/mol. The third-order valence-corrected chi connectivity index (χ3v) is 33.2. The van der Waals surface area contributed by atoms with Crippen LogP contribution in [0.1, 0.15) is 274 Å². The fourth-order valence-corrected chi connectivity index (χ4v) is 25.0. The van der Waals surface area contributed by atoms with E-state index in [1.807, 2.05) is 109 Å². The topological polar surface area (TPSA) is 367 Å². The van der Waals surface area contributed by atoms with Gasteiger partial charge in [0.15, 0.2) is 9.84 Å². The van der Waals surface area contributed by atoms with E-state index in [-0.39, 0.29) is 148 Å². The number of thioether (sulfide) groups is 2. The number of carbonyl (C=O) groups is 12. The second-order valence-corrected chi connectivity index (χ2v) is 42.3. The molecule has 12 aliphatic rings. The zero-order valence-corrected chi connectivity index (χ0v) is 78.5. The van der Waals surface area contributed by atoms with Gasteiger partial charge in [0, 0.05) is 42.1 Å². The van der Waals surface area contributed by atoms with Gasteiger partial charge < -0.3 is 71.6 Å². The first-order chi connectivity index (χ1) is 61.4. The Kier molecular flexibility index (Phi) is 32.7. The Morgan fingerprint density at radius 2 is 0.773 bits per heavy atom. The highest BCUT2D eigenvalue weighted by Gasteiger charge is 2.56. The zero-order chi connectivity index (χ0) is 91.4. The van der Waals surface area contributed by atoms with E-state index in [0.717, 1.165) is 112 Å². The third kappa shape index (κ3) is 22.1. The number of benzene rings is 4. The molecule has 16 rings (SSSR count). The van der Waals surface area contributed by atoms with Gasteiger partial charge in [0.05, 0.1) is 53.9 Å². The van der Waals surface area contributed by atoms with Gasteiger partial charge >= 0.3 is 0 Å². The molecule has 9 heterocycles. The molecule has 0 spiro atoms. The molecule has 4 aromatic rings. The largest absolute Gasteiger partial charge is 0.493 e. The molecule has 4 aromatic carbocycles. The van der Waals surface area contributed by atoms with E-state index < -0.39 is 75.7 Å². The van der Waals surface area contributed by atoms with Crippen LogP contribution in [0.5, 0.6) is 5.75 Å². The van der Waals surface area contributed by atoms with Gasteiger partial charge in [-0.1, -0.05) is 160 Å². The number of carbonyl (C=O) groups excluding carboxylic acids is 12. The van der Waals surface area contributed by atoms with Crippen LogP contribution >= 0.6 is 23.5 Å². The van der Waals surface area contributed by atoms with Crippen molar-refractivity contribution in [3.63, 3.8) is 0 Å². The minimum absolute atomic E-state index is 0.00661. The maximum atomic E-state index is 13.7. The highest BCUT2D eigenvalue weighted by atomic mass is 32.2. The van der Waals surface area contributed by atoms with Crippen molar-refractivity contribution >= 4 is 104 Å². The summed E-state index contributed by atoms with van der Waals surface area (Å²) in [6.07, 6.45) is 17.4. The second-order valence-electron chi connectivity index (χ2n) is 37.5. The summed E-state index contributed by atoms with van der Waals surface area (Å²) in [6.45, 7) is 20.2. The van der Waals surface area contributed by atoms with E-state index in [4.69, 9.17) is 9.47 Å². The molecule has 20 atom stereocenters. The Balaban J connectivity index is 0.000000146. The van der Waals surface area contributed by atoms with E-state index in [2.05, 4.69) is 92.8 Å². The summed E-state index contributed by atoms with van der Waals surface area (Å²) in [5.41, 5.74) is 7.90. The highest BCUT2D eigenvalue weighted by Crippen LogP contribution is 2.48. The second kappa shape index (κ2) is 43.3. The molecule has 0 aromatic heterocycles. The predicted octanol–water partition coefficient (Wildman–Crippen LogP) is 10.7. The molecular formula is C97H134N12O16S3. The molecule has 3 aliphatic carbocycles. The maximum absolute atomic E-state index is 13.7. The zero-order valence-electron chi connectivity index (χ0n) is 76.0. The van der Waals surface area contributed by atoms with Crippen LogP contribution in [0.15, 0.2) is 97.1 Å². The minimum atomic E-state index is -3.60. The lowest BCUT2D eigenvalue weighted by Gasteiger charge is -2.36. The van der Waals surface area contributed by atoms with E-state index >= 15 is 0 Å². The van der Waals surface area contributed by atoms with Crippen LogP contribution in [-0.4, -0.2) is 200 Å². The van der Waals surface area contributed by atoms with Gasteiger partial charge in [-0.25, -0.2) is 8.42 Å². The highest BCUT2D eigenvalue weighted by molar-refractivity contribution is 8.00. The molecule has 9 aliphatic heterocycles. The number of hydrogen-bond acceptors (Lipinski definition) is 18. The number of aryl methyl sites for hydroxylation is 3. The lowest BCUT2D eigenvalue weighted by Crippen LogP contribution is -2.57. The van der Waals surface area contributed by atoms with E-state index in [1.54, 1.807) is 45.1 Å². The van der Waals surface area contributed by atoms with E-state index in [0.29, 0.717) is 77.4 Å². The number of rotatable bonds is 20. The molecule has 8 saturated heterocycles. The first-order valence-electron chi connectivity index (χ1n) is 47.2. The Labute approximate surface area is 763 Å². The van der Waals surface area contributed by atoms with Crippen LogP contribution in [0.25, 0.3) is 0 Å². The Bertz CT molecular complexity index is 4690. The Morgan fingerprint density at radius 3 is 1.27 bits per heavy atom.